The summed E-state index contributed by atoms with van der Waals surface area (Å²) in [6.45, 7) is 0.244. The predicted molar refractivity (Wildman–Crippen MR) is 141 cm³/mol. The first-order valence-corrected chi connectivity index (χ1v) is 12.0. The molecule has 8 heteroatoms. The monoisotopic (exact) mass is 499 g/mol. The van der Waals surface area contributed by atoms with E-state index in [1.807, 2.05) is 30.3 Å². The Kier molecular flexibility index (Phi) is 6.72. The van der Waals surface area contributed by atoms with E-state index in [9.17, 15) is 4.79 Å². The molecule has 0 spiro atoms. The van der Waals surface area contributed by atoms with Crippen molar-refractivity contribution in [2.75, 3.05) is 28.4 Å². The number of H-pyrrole nitrogens is 1. The molecule has 0 radical (unpaired) electrons. The Morgan fingerprint density at radius 2 is 1.57 bits per heavy atom. The van der Waals surface area contributed by atoms with Crippen LogP contribution in [0.3, 0.4) is 0 Å². The van der Waals surface area contributed by atoms with E-state index < -0.39 is 0 Å². The summed E-state index contributed by atoms with van der Waals surface area (Å²) >= 11 is 0. The molecule has 4 aromatic rings. The van der Waals surface area contributed by atoms with Crippen molar-refractivity contribution in [3.8, 4) is 45.5 Å². The molecule has 1 aromatic heterocycles. The Bertz CT molecular complexity index is 1420. The van der Waals surface area contributed by atoms with Crippen molar-refractivity contribution in [3.63, 3.8) is 0 Å². The van der Waals surface area contributed by atoms with Crippen LogP contribution in [0.5, 0.6) is 23.0 Å². The second-order valence-electron chi connectivity index (χ2n) is 8.72. The van der Waals surface area contributed by atoms with Crippen molar-refractivity contribution in [1.29, 1.82) is 0 Å². The zero-order valence-electron chi connectivity index (χ0n) is 21.3. The van der Waals surface area contributed by atoms with Gasteiger partial charge in [-0.1, -0.05) is 12.1 Å². The van der Waals surface area contributed by atoms with Crippen LogP contribution in [0.2, 0.25) is 0 Å². The summed E-state index contributed by atoms with van der Waals surface area (Å²) < 4.78 is 21.6. The minimum atomic E-state index is -0.196. The molecule has 0 bridgehead atoms. The zero-order valence-corrected chi connectivity index (χ0v) is 21.3. The molecule has 37 heavy (non-hydrogen) atoms. The van der Waals surface area contributed by atoms with Crippen molar-refractivity contribution < 1.29 is 23.7 Å². The molecular formula is C29H29N3O5. The molecule has 0 atom stereocenters. The highest BCUT2D eigenvalue weighted by Crippen LogP contribution is 2.38. The number of aryl methyl sites for hydroxylation is 1. The second kappa shape index (κ2) is 10.3. The highest BCUT2D eigenvalue weighted by molar-refractivity contribution is 5.94. The number of nitrogens with zero attached hydrogens (tertiary/aromatic N) is 1. The smallest absolute Gasteiger partial charge is 0.251 e. The second-order valence-corrected chi connectivity index (χ2v) is 8.72. The van der Waals surface area contributed by atoms with Crippen LogP contribution in [-0.4, -0.2) is 44.5 Å². The fourth-order valence-electron chi connectivity index (χ4n) is 4.78. The lowest BCUT2D eigenvalue weighted by Crippen LogP contribution is -2.23. The summed E-state index contributed by atoms with van der Waals surface area (Å²) in [5.74, 6) is 2.44. The summed E-state index contributed by atoms with van der Waals surface area (Å²) in [6, 6.07) is 17.2. The van der Waals surface area contributed by atoms with E-state index in [-0.39, 0.29) is 12.5 Å². The van der Waals surface area contributed by atoms with E-state index in [2.05, 4.69) is 27.6 Å². The van der Waals surface area contributed by atoms with Gasteiger partial charge in [-0.25, -0.2) is 0 Å². The van der Waals surface area contributed by atoms with Crippen molar-refractivity contribution >= 4 is 5.91 Å². The van der Waals surface area contributed by atoms with Crippen LogP contribution in [0.4, 0.5) is 0 Å². The van der Waals surface area contributed by atoms with Gasteiger partial charge in [0, 0.05) is 34.4 Å². The van der Waals surface area contributed by atoms with Crippen LogP contribution >= 0.6 is 0 Å². The summed E-state index contributed by atoms with van der Waals surface area (Å²) in [6.07, 6.45) is 1.81. The van der Waals surface area contributed by atoms with E-state index in [0.717, 1.165) is 46.7 Å². The van der Waals surface area contributed by atoms with Gasteiger partial charge in [-0.2, -0.15) is 5.10 Å². The van der Waals surface area contributed by atoms with Gasteiger partial charge in [0.25, 0.3) is 5.91 Å². The normalized spacial score (nSPS) is 11.8. The molecule has 1 amide bonds. The molecule has 8 nitrogen and oxygen atoms in total. The highest BCUT2D eigenvalue weighted by atomic mass is 16.5. The third-order valence-electron chi connectivity index (χ3n) is 6.76. The Morgan fingerprint density at radius 1 is 0.865 bits per heavy atom. The van der Waals surface area contributed by atoms with Crippen LogP contribution in [0, 0.1) is 0 Å². The van der Waals surface area contributed by atoms with Gasteiger partial charge in [0.05, 0.1) is 51.9 Å². The molecule has 2 N–H and O–H groups in total. The molecule has 1 heterocycles. The zero-order chi connectivity index (χ0) is 25.9. The SMILES string of the molecule is COc1ccc2c(c1)CCc1c(-c3ccc(C(=O)NCc4c(OC)cc(OC)cc4OC)cc3)n[nH]c1-2. The van der Waals surface area contributed by atoms with Crippen molar-refractivity contribution in [1.82, 2.24) is 15.5 Å². The number of amides is 1. The molecule has 0 fully saturated rings. The lowest BCUT2D eigenvalue weighted by molar-refractivity contribution is 0.0950. The molecule has 0 unspecified atom stereocenters. The van der Waals surface area contributed by atoms with Crippen LogP contribution in [0.25, 0.3) is 22.5 Å². The molecule has 0 saturated carbocycles. The van der Waals surface area contributed by atoms with Crippen LogP contribution in [0.15, 0.2) is 54.6 Å². The van der Waals surface area contributed by atoms with Gasteiger partial charge in [-0.05, 0) is 48.7 Å². The first-order valence-electron chi connectivity index (χ1n) is 12.0. The van der Waals surface area contributed by atoms with E-state index in [1.54, 1.807) is 40.6 Å². The minimum absolute atomic E-state index is 0.196. The van der Waals surface area contributed by atoms with E-state index in [0.29, 0.717) is 22.8 Å². The standard InChI is InChI=1S/C29H29N3O5/c1-34-20-10-12-22-19(13-20)9-11-23-27(31-32-28(22)23)17-5-7-18(8-6-17)29(33)30-16-24-25(36-3)14-21(35-2)15-26(24)37-4/h5-8,10,12-15H,9,11,16H2,1-4H3,(H,30,33)(H,31,32). The van der Waals surface area contributed by atoms with Gasteiger partial charge in [-0.15, -0.1) is 0 Å². The molecule has 190 valence electrons. The lowest BCUT2D eigenvalue weighted by Gasteiger charge is -2.17. The molecule has 1 aliphatic carbocycles. The van der Waals surface area contributed by atoms with Crippen molar-refractivity contribution in [2.45, 2.75) is 19.4 Å². The van der Waals surface area contributed by atoms with Crippen molar-refractivity contribution in [3.05, 3.63) is 76.9 Å². The number of fused-ring (bicyclic) bond motifs is 3. The summed E-state index contributed by atoms with van der Waals surface area (Å²) in [5, 5.41) is 10.8. The largest absolute Gasteiger partial charge is 0.497 e. The number of carbonyl (C=O) groups is 1. The Balaban J connectivity index is 1.33. The van der Waals surface area contributed by atoms with Crippen LogP contribution in [-0.2, 0) is 19.4 Å². The van der Waals surface area contributed by atoms with Crippen LogP contribution in [0.1, 0.15) is 27.0 Å². The molecule has 0 aliphatic heterocycles. The number of nitrogens with one attached hydrogen (secondary N) is 2. The number of methoxy groups -OCH3 is 4. The number of hydrogen-bond donors (Lipinski definition) is 2. The first kappa shape index (κ1) is 24.2. The van der Waals surface area contributed by atoms with E-state index in [4.69, 9.17) is 18.9 Å². The fraction of sp³-hybridized carbons (Fsp3) is 0.241. The fourth-order valence-corrected chi connectivity index (χ4v) is 4.78. The molecular weight excluding hydrogens is 470 g/mol. The number of hydrogen-bond acceptors (Lipinski definition) is 6. The maximum absolute atomic E-state index is 12.9. The number of benzene rings is 3. The van der Waals surface area contributed by atoms with Crippen molar-refractivity contribution in [2.24, 2.45) is 0 Å². The highest BCUT2D eigenvalue weighted by Gasteiger charge is 2.23. The Labute approximate surface area is 215 Å². The first-order chi connectivity index (χ1) is 18.1. The maximum atomic E-state index is 12.9. The van der Waals surface area contributed by atoms with Gasteiger partial charge < -0.3 is 24.3 Å². The topological polar surface area (TPSA) is 94.7 Å². The molecule has 5 rings (SSSR count). The summed E-state index contributed by atoms with van der Waals surface area (Å²) in [5.41, 5.74) is 7.80. The average molecular weight is 500 g/mol. The Hall–Kier alpha value is -4.46. The third-order valence-corrected chi connectivity index (χ3v) is 6.76. The predicted octanol–water partition coefficient (Wildman–Crippen LogP) is 4.81. The summed E-state index contributed by atoms with van der Waals surface area (Å²) in [7, 11) is 6.40. The Morgan fingerprint density at radius 3 is 2.22 bits per heavy atom. The van der Waals surface area contributed by atoms with Crippen LogP contribution < -0.4 is 24.3 Å². The molecule has 0 saturated heterocycles. The van der Waals surface area contributed by atoms with Gasteiger partial charge in [0.15, 0.2) is 0 Å². The third kappa shape index (κ3) is 4.58. The van der Waals surface area contributed by atoms with Gasteiger partial charge >= 0.3 is 0 Å². The maximum Gasteiger partial charge on any atom is 0.251 e. The molecule has 3 aromatic carbocycles. The van der Waals surface area contributed by atoms with E-state index >= 15 is 0 Å². The van der Waals surface area contributed by atoms with Gasteiger partial charge in [0.2, 0.25) is 0 Å². The number of aromatic nitrogens is 2. The summed E-state index contributed by atoms with van der Waals surface area (Å²) in [4.78, 5) is 12.9. The molecule has 1 aliphatic rings. The number of aromatic amines is 1. The number of carbonyl (C=O) groups excluding carboxylic acids is 1. The minimum Gasteiger partial charge on any atom is -0.497 e. The average Bonchev–Trinajstić information content (AvgIpc) is 3.39. The quantitative estimate of drug-likeness (QED) is 0.361. The van der Waals surface area contributed by atoms with Gasteiger partial charge in [0.1, 0.15) is 23.0 Å². The lowest BCUT2D eigenvalue weighted by atomic mass is 9.87. The number of rotatable bonds is 8. The number of ether oxygens (including phenoxy) is 4. The van der Waals surface area contributed by atoms with Gasteiger partial charge in [-0.3, -0.25) is 9.89 Å². The van der Waals surface area contributed by atoms with E-state index in [1.165, 1.54) is 11.1 Å².